The molecule has 4 aromatic rings. The van der Waals surface area contributed by atoms with Crippen LogP contribution in [0.1, 0.15) is 53.6 Å². The third kappa shape index (κ3) is 5.13. The lowest BCUT2D eigenvalue weighted by Gasteiger charge is -2.38. The molecular weight excluding hydrogens is 448 g/mol. The van der Waals surface area contributed by atoms with Crippen molar-refractivity contribution in [3.8, 4) is 28.7 Å². The van der Waals surface area contributed by atoms with E-state index < -0.39 is 0 Å². The van der Waals surface area contributed by atoms with Crippen molar-refractivity contribution in [2.24, 2.45) is 0 Å². The third-order valence-electron chi connectivity index (χ3n) is 7.07. The highest BCUT2D eigenvalue weighted by molar-refractivity contribution is 5.74. The van der Waals surface area contributed by atoms with Crippen LogP contribution in [0.15, 0.2) is 97.1 Å². The lowest BCUT2D eigenvalue weighted by Crippen LogP contribution is -2.30. The largest absolute Gasteiger partial charge is 0.497 e. The smallest absolute Gasteiger partial charge is 0.150 e. The molecule has 1 saturated carbocycles. The van der Waals surface area contributed by atoms with E-state index in [1.54, 1.807) is 19.2 Å². The van der Waals surface area contributed by atoms with Gasteiger partial charge in [0.1, 0.15) is 35.0 Å². The Kier molecular flexibility index (Phi) is 7.03. The standard InChI is InChI=1S/C32H30O4/c1-34-27-17-19-31(20-18-27)36-30-15-9-26(10-16-30)32(21-3-2-4-22-32)25-7-13-29(14-8-25)35-28-11-5-24(23-33)6-12-28/h5-20,23H,2-4,21-22H2,1H3. The number of ether oxygens (including phenoxy) is 3. The van der Waals surface area contributed by atoms with E-state index in [1.807, 2.05) is 48.5 Å². The second kappa shape index (κ2) is 10.7. The van der Waals surface area contributed by atoms with E-state index in [1.165, 1.54) is 30.4 Å². The summed E-state index contributed by atoms with van der Waals surface area (Å²) in [6, 6.07) is 31.8. The number of carbonyl (C=O) groups is 1. The van der Waals surface area contributed by atoms with Gasteiger partial charge in [-0.1, -0.05) is 43.5 Å². The zero-order chi connectivity index (χ0) is 24.8. The normalized spacial score (nSPS) is 14.6. The molecule has 0 radical (unpaired) electrons. The van der Waals surface area contributed by atoms with Gasteiger partial charge in [0.15, 0.2) is 0 Å². The summed E-state index contributed by atoms with van der Waals surface area (Å²) in [6.07, 6.45) is 6.79. The quantitative estimate of drug-likeness (QED) is 0.239. The van der Waals surface area contributed by atoms with Crippen molar-refractivity contribution in [1.29, 1.82) is 0 Å². The van der Waals surface area contributed by atoms with Crippen molar-refractivity contribution in [3.63, 3.8) is 0 Å². The minimum Gasteiger partial charge on any atom is -0.497 e. The lowest BCUT2D eigenvalue weighted by molar-refractivity contribution is 0.112. The summed E-state index contributed by atoms with van der Waals surface area (Å²) in [5.41, 5.74) is 3.26. The first-order chi connectivity index (χ1) is 17.7. The van der Waals surface area contributed by atoms with Crippen LogP contribution in [-0.4, -0.2) is 13.4 Å². The van der Waals surface area contributed by atoms with E-state index in [0.29, 0.717) is 11.3 Å². The molecule has 0 aromatic heterocycles. The van der Waals surface area contributed by atoms with Crippen LogP contribution in [0.4, 0.5) is 0 Å². The summed E-state index contributed by atoms with van der Waals surface area (Å²) in [6.45, 7) is 0. The van der Waals surface area contributed by atoms with Crippen LogP contribution in [0.2, 0.25) is 0 Å². The zero-order valence-electron chi connectivity index (χ0n) is 20.5. The van der Waals surface area contributed by atoms with Crippen molar-refractivity contribution in [2.75, 3.05) is 7.11 Å². The van der Waals surface area contributed by atoms with Gasteiger partial charge in [0.05, 0.1) is 7.11 Å². The molecule has 0 saturated heterocycles. The number of methoxy groups -OCH3 is 1. The number of aldehydes is 1. The minimum absolute atomic E-state index is 0.0129. The maximum Gasteiger partial charge on any atom is 0.150 e. The van der Waals surface area contributed by atoms with E-state index in [-0.39, 0.29) is 5.41 Å². The van der Waals surface area contributed by atoms with Gasteiger partial charge in [0, 0.05) is 11.0 Å². The number of hydrogen-bond donors (Lipinski definition) is 0. The van der Waals surface area contributed by atoms with E-state index in [2.05, 4.69) is 36.4 Å². The van der Waals surface area contributed by atoms with E-state index in [9.17, 15) is 4.79 Å². The van der Waals surface area contributed by atoms with E-state index in [0.717, 1.165) is 42.1 Å². The summed E-state index contributed by atoms with van der Waals surface area (Å²) >= 11 is 0. The van der Waals surface area contributed by atoms with Gasteiger partial charge in [0.25, 0.3) is 0 Å². The van der Waals surface area contributed by atoms with Crippen molar-refractivity contribution in [2.45, 2.75) is 37.5 Å². The number of rotatable bonds is 8. The predicted molar refractivity (Wildman–Crippen MR) is 142 cm³/mol. The van der Waals surface area contributed by atoms with Crippen LogP contribution in [0, 0.1) is 0 Å². The topological polar surface area (TPSA) is 44.8 Å². The maximum atomic E-state index is 10.9. The Labute approximate surface area is 212 Å². The van der Waals surface area contributed by atoms with Crippen LogP contribution < -0.4 is 14.2 Å². The molecule has 5 rings (SSSR count). The fourth-order valence-electron chi connectivity index (χ4n) is 5.11. The first kappa shape index (κ1) is 23.7. The molecule has 0 spiro atoms. The SMILES string of the molecule is COc1ccc(Oc2ccc(C3(c4ccc(Oc5ccc(C=O)cc5)cc4)CCCCC3)cc2)cc1. The average molecular weight is 479 g/mol. The Morgan fingerprint density at radius 2 is 0.944 bits per heavy atom. The molecule has 0 bridgehead atoms. The Balaban J connectivity index is 1.35. The number of hydrogen-bond acceptors (Lipinski definition) is 4. The highest BCUT2D eigenvalue weighted by Crippen LogP contribution is 2.45. The van der Waals surface area contributed by atoms with Gasteiger partial charge in [-0.15, -0.1) is 0 Å². The number of benzene rings is 4. The van der Waals surface area contributed by atoms with Crippen molar-refractivity contribution >= 4 is 6.29 Å². The molecule has 0 amide bonds. The summed E-state index contributed by atoms with van der Waals surface area (Å²) in [5, 5.41) is 0. The second-order valence-corrected chi connectivity index (χ2v) is 9.26. The monoisotopic (exact) mass is 478 g/mol. The van der Waals surface area contributed by atoms with Gasteiger partial charge in [-0.25, -0.2) is 0 Å². The Hall–Kier alpha value is -4.05. The number of carbonyl (C=O) groups excluding carboxylic acids is 1. The summed E-state index contributed by atoms with van der Waals surface area (Å²) in [4.78, 5) is 10.9. The molecule has 1 aliphatic carbocycles. The summed E-state index contributed by atoms with van der Waals surface area (Å²) < 4.78 is 17.3. The molecule has 4 aromatic carbocycles. The average Bonchev–Trinajstić information content (AvgIpc) is 2.95. The molecule has 1 aliphatic rings. The molecule has 36 heavy (non-hydrogen) atoms. The third-order valence-corrected chi connectivity index (χ3v) is 7.07. The van der Waals surface area contributed by atoms with Crippen LogP contribution in [0.25, 0.3) is 0 Å². The van der Waals surface area contributed by atoms with Gasteiger partial charge >= 0.3 is 0 Å². The molecule has 1 fully saturated rings. The first-order valence-electron chi connectivity index (χ1n) is 12.4. The summed E-state index contributed by atoms with van der Waals surface area (Å²) in [7, 11) is 1.66. The molecule has 4 heteroatoms. The summed E-state index contributed by atoms with van der Waals surface area (Å²) in [5.74, 6) is 3.91. The Bertz CT molecular complexity index is 1270. The zero-order valence-corrected chi connectivity index (χ0v) is 20.5. The molecule has 0 atom stereocenters. The highest BCUT2D eigenvalue weighted by Gasteiger charge is 2.35. The highest BCUT2D eigenvalue weighted by atomic mass is 16.5. The molecule has 0 N–H and O–H groups in total. The van der Waals surface area contributed by atoms with Crippen molar-refractivity contribution in [3.05, 3.63) is 114 Å². The lowest BCUT2D eigenvalue weighted by atomic mass is 9.65. The van der Waals surface area contributed by atoms with Gasteiger partial charge in [-0.2, -0.15) is 0 Å². The van der Waals surface area contributed by atoms with Crippen LogP contribution in [0.5, 0.6) is 28.7 Å². The van der Waals surface area contributed by atoms with Crippen LogP contribution in [0.3, 0.4) is 0 Å². The molecule has 0 heterocycles. The second-order valence-electron chi connectivity index (χ2n) is 9.26. The maximum absolute atomic E-state index is 10.9. The molecule has 182 valence electrons. The van der Waals surface area contributed by atoms with E-state index in [4.69, 9.17) is 14.2 Å². The Morgan fingerprint density at radius 3 is 1.36 bits per heavy atom. The van der Waals surface area contributed by atoms with Gasteiger partial charge < -0.3 is 14.2 Å². The fourth-order valence-corrected chi connectivity index (χ4v) is 5.11. The predicted octanol–water partition coefficient (Wildman–Crippen LogP) is 8.34. The molecule has 0 aliphatic heterocycles. The first-order valence-corrected chi connectivity index (χ1v) is 12.4. The Morgan fingerprint density at radius 1 is 0.556 bits per heavy atom. The van der Waals surface area contributed by atoms with Gasteiger partial charge in [-0.05, 0) is 96.8 Å². The molecular formula is C32H30O4. The van der Waals surface area contributed by atoms with Crippen molar-refractivity contribution in [1.82, 2.24) is 0 Å². The molecule has 4 nitrogen and oxygen atoms in total. The van der Waals surface area contributed by atoms with Gasteiger partial charge in [0.2, 0.25) is 0 Å². The van der Waals surface area contributed by atoms with Crippen molar-refractivity contribution < 1.29 is 19.0 Å². The molecule has 0 unspecified atom stereocenters. The van der Waals surface area contributed by atoms with Gasteiger partial charge in [-0.3, -0.25) is 4.79 Å². The van der Waals surface area contributed by atoms with Crippen LogP contribution >= 0.6 is 0 Å². The van der Waals surface area contributed by atoms with E-state index >= 15 is 0 Å². The van der Waals surface area contributed by atoms with Crippen LogP contribution in [-0.2, 0) is 5.41 Å². The fraction of sp³-hybridized carbons (Fsp3) is 0.219. The minimum atomic E-state index is -0.0129.